The van der Waals surface area contributed by atoms with E-state index in [1.165, 1.54) is 12.4 Å². The summed E-state index contributed by atoms with van der Waals surface area (Å²) in [6, 6.07) is 15.4. The van der Waals surface area contributed by atoms with Crippen molar-refractivity contribution in [3.05, 3.63) is 72.3 Å². The van der Waals surface area contributed by atoms with Crippen LogP contribution in [0.2, 0.25) is 0 Å². The Hall–Kier alpha value is -5.35. The molecule has 2 aliphatic heterocycles. The fourth-order valence-electron chi connectivity index (χ4n) is 6.16. The Labute approximate surface area is 271 Å². The van der Waals surface area contributed by atoms with Gasteiger partial charge >= 0.3 is 0 Å². The number of para-hydroxylation sites is 1. The number of nitrogens with two attached hydrogens (primary N) is 1. The first-order valence-corrected chi connectivity index (χ1v) is 15.5. The van der Waals surface area contributed by atoms with E-state index in [-0.39, 0.29) is 47.7 Å². The zero-order valence-electron chi connectivity index (χ0n) is 26.6. The number of carbonyl (C=O) groups excluding carboxylic acids is 2. The summed E-state index contributed by atoms with van der Waals surface area (Å²) in [6.07, 6.45) is 4.32. The number of nitrogens with zero attached hydrogens (tertiary/aromatic N) is 8. The predicted octanol–water partition coefficient (Wildman–Crippen LogP) is 4.17. The largest absolute Gasteiger partial charge is 0.457 e. The summed E-state index contributed by atoms with van der Waals surface area (Å²) in [5.41, 5.74) is 6.54. The molecule has 0 radical (unpaired) electrons. The van der Waals surface area contributed by atoms with Gasteiger partial charge < -0.3 is 20.3 Å². The van der Waals surface area contributed by atoms with Gasteiger partial charge in [0, 0.05) is 50.4 Å². The summed E-state index contributed by atoms with van der Waals surface area (Å²) < 4.78 is 23.1. The summed E-state index contributed by atoms with van der Waals surface area (Å²) in [5, 5.41) is 15.3. The molecule has 4 aromatic rings. The molecule has 2 fully saturated rings. The van der Waals surface area contributed by atoms with Crippen LogP contribution in [0.15, 0.2) is 66.5 Å². The Morgan fingerprint density at radius 2 is 1.91 bits per heavy atom. The molecule has 2 N–H and O–H groups in total. The standard InChI is InChI=1S/C34H36FN9O3/c1-34(2,43-15-14-41(3)28(45)20-43)17-22(18-36)33(46)42-13-7-8-23(19-42)44-32-29(31(37)38-21-39-32)30(40-44)26-12-11-25(16-27(26)35)47-24-9-5-4-6-10-24/h4-6,9-12,16-17,21,23H,7-8,13-15,19-20H2,1-3H3,(H2,37,38,39)/b22-17+/t23-/m0/s1. The van der Waals surface area contributed by atoms with Crippen molar-refractivity contribution in [2.45, 2.75) is 38.3 Å². The minimum absolute atomic E-state index is 0.00645. The second kappa shape index (κ2) is 12.8. The highest BCUT2D eigenvalue weighted by molar-refractivity contribution is 5.99. The predicted molar refractivity (Wildman–Crippen MR) is 173 cm³/mol. The number of aromatic nitrogens is 4. The van der Waals surface area contributed by atoms with Crippen molar-refractivity contribution in [1.82, 2.24) is 34.4 Å². The molecular formula is C34H36FN9O3. The smallest absolute Gasteiger partial charge is 0.264 e. The molecule has 0 aliphatic carbocycles. The van der Waals surface area contributed by atoms with Crippen LogP contribution >= 0.6 is 0 Å². The van der Waals surface area contributed by atoms with Gasteiger partial charge in [-0.15, -0.1) is 0 Å². The fraction of sp³-hybridized carbons (Fsp3) is 0.353. The van der Waals surface area contributed by atoms with Crippen LogP contribution in [0.4, 0.5) is 10.2 Å². The van der Waals surface area contributed by atoms with E-state index in [4.69, 9.17) is 15.6 Å². The van der Waals surface area contributed by atoms with Gasteiger partial charge in [0.15, 0.2) is 5.65 Å². The molecule has 47 heavy (non-hydrogen) atoms. The Morgan fingerprint density at radius 3 is 2.64 bits per heavy atom. The number of rotatable bonds is 7. The van der Waals surface area contributed by atoms with Crippen molar-refractivity contribution in [1.29, 1.82) is 5.26 Å². The molecule has 0 spiro atoms. The molecule has 0 bridgehead atoms. The summed E-state index contributed by atoms with van der Waals surface area (Å²) in [6.45, 7) is 5.94. The number of piperidine rings is 1. The first kappa shape index (κ1) is 31.6. The molecule has 242 valence electrons. The first-order valence-electron chi connectivity index (χ1n) is 15.5. The van der Waals surface area contributed by atoms with Gasteiger partial charge in [-0.05, 0) is 57.0 Å². The zero-order valence-corrected chi connectivity index (χ0v) is 26.6. The minimum atomic E-state index is -0.694. The number of halogens is 1. The summed E-state index contributed by atoms with van der Waals surface area (Å²) in [5.74, 6) is 0.113. The van der Waals surface area contributed by atoms with Crippen LogP contribution in [0.3, 0.4) is 0 Å². The second-order valence-corrected chi connectivity index (χ2v) is 12.4. The monoisotopic (exact) mass is 637 g/mol. The number of hydrogen-bond acceptors (Lipinski definition) is 9. The van der Waals surface area contributed by atoms with E-state index in [1.807, 2.05) is 36.9 Å². The number of likely N-dealkylation sites (N-methyl/N-ethyl adjacent to an activating group) is 1. The zero-order chi connectivity index (χ0) is 33.3. The van der Waals surface area contributed by atoms with Crippen molar-refractivity contribution in [2.75, 3.05) is 45.5 Å². The Morgan fingerprint density at radius 1 is 1.13 bits per heavy atom. The molecule has 1 atom stereocenters. The minimum Gasteiger partial charge on any atom is -0.457 e. The SMILES string of the molecule is CN1CCN(C(C)(C)/C=C(\C#N)C(=O)N2CCC[C@H](n3nc(-c4ccc(Oc5ccccc5)cc4F)c4c(N)ncnc43)C2)CC1=O. The van der Waals surface area contributed by atoms with Gasteiger partial charge in [-0.3, -0.25) is 14.5 Å². The van der Waals surface area contributed by atoms with Gasteiger partial charge in [0.05, 0.1) is 18.0 Å². The van der Waals surface area contributed by atoms with Gasteiger partial charge in [0.25, 0.3) is 5.91 Å². The number of nitriles is 1. The molecule has 0 saturated carbocycles. The quantitative estimate of drug-likeness (QED) is 0.233. The summed E-state index contributed by atoms with van der Waals surface area (Å²) in [4.78, 5) is 40.0. The second-order valence-electron chi connectivity index (χ2n) is 12.4. The molecule has 2 aromatic carbocycles. The third-order valence-electron chi connectivity index (χ3n) is 8.84. The maximum atomic E-state index is 15.6. The lowest BCUT2D eigenvalue weighted by atomic mass is 9.96. The van der Waals surface area contributed by atoms with E-state index in [0.717, 1.165) is 0 Å². The number of nitrogen functional groups attached to an aromatic ring is 1. The average Bonchev–Trinajstić information content (AvgIpc) is 3.46. The number of carbonyl (C=O) groups is 2. The molecule has 2 aliphatic rings. The van der Waals surface area contributed by atoms with E-state index in [1.54, 1.807) is 51.9 Å². The lowest BCUT2D eigenvalue weighted by Crippen LogP contribution is -2.55. The molecule has 0 unspecified atom stereocenters. The lowest BCUT2D eigenvalue weighted by molar-refractivity contribution is -0.136. The van der Waals surface area contributed by atoms with Crippen LogP contribution in [-0.4, -0.2) is 91.6 Å². The van der Waals surface area contributed by atoms with Gasteiger partial charge in [-0.2, -0.15) is 10.4 Å². The lowest BCUT2D eigenvalue weighted by Gasteiger charge is -2.41. The van der Waals surface area contributed by atoms with Crippen LogP contribution in [0.25, 0.3) is 22.3 Å². The number of benzene rings is 2. The van der Waals surface area contributed by atoms with Gasteiger partial charge in [0.2, 0.25) is 5.91 Å². The number of hydrogen-bond donors (Lipinski definition) is 1. The molecule has 13 heteroatoms. The van der Waals surface area contributed by atoms with E-state index in [0.29, 0.717) is 55.0 Å². The van der Waals surface area contributed by atoms with Crippen molar-refractivity contribution in [2.24, 2.45) is 0 Å². The number of amides is 2. The molecule has 2 saturated heterocycles. The highest BCUT2D eigenvalue weighted by Crippen LogP contribution is 2.36. The fourth-order valence-corrected chi connectivity index (χ4v) is 6.16. The number of anilines is 1. The van der Waals surface area contributed by atoms with Crippen molar-refractivity contribution < 1.29 is 18.7 Å². The maximum absolute atomic E-state index is 15.6. The highest BCUT2D eigenvalue weighted by atomic mass is 19.1. The highest BCUT2D eigenvalue weighted by Gasteiger charge is 2.35. The Kier molecular flexibility index (Phi) is 8.62. The van der Waals surface area contributed by atoms with Crippen LogP contribution < -0.4 is 10.5 Å². The maximum Gasteiger partial charge on any atom is 0.264 e. The van der Waals surface area contributed by atoms with Crippen LogP contribution in [-0.2, 0) is 9.59 Å². The van der Waals surface area contributed by atoms with E-state index < -0.39 is 17.3 Å². The Bertz CT molecular complexity index is 1900. The number of likely N-dealkylation sites (tertiary alicyclic amines) is 1. The molecule has 2 amide bonds. The van der Waals surface area contributed by atoms with Crippen LogP contribution in [0.5, 0.6) is 11.5 Å². The van der Waals surface area contributed by atoms with E-state index in [2.05, 4.69) is 16.0 Å². The average molecular weight is 638 g/mol. The third kappa shape index (κ3) is 6.37. The van der Waals surface area contributed by atoms with Crippen LogP contribution in [0, 0.1) is 17.1 Å². The topological polar surface area (TPSA) is 146 Å². The van der Waals surface area contributed by atoms with Crippen LogP contribution in [0.1, 0.15) is 32.7 Å². The van der Waals surface area contributed by atoms with Gasteiger partial charge in [0.1, 0.15) is 46.8 Å². The molecule has 12 nitrogen and oxygen atoms in total. The molecule has 2 aromatic heterocycles. The van der Waals surface area contributed by atoms with E-state index in [9.17, 15) is 14.9 Å². The number of piperazine rings is 1. The molecule has 6 rings (SSSR count). The molecular weight excluding hydrogens is 601 g/mol. The summed E-state index contributed by atoms with van der Waals surface area (Å²) >= 11 is 0. The summed E-state index contributed by atoms with van der Waals surface area (Å²) in [7, 11) is 1.76. The van der Waals surface area contributed by atoms with Gasteiger partial charge in [-0.25, -0.2) is 19.0 Å². The van der Waals surface area contributed by atoms with Gasteiger partial charge in [-0.1, -0.05) is 18.2 Å². The van der Waals surface area contributed by atoms with Crippen molar-refractivity contribution in [3.63, 3.8) is 0 Å². The first-order chi connectivity index (χ1) is 22.6. The number of ether oxygens (including phenoxy) is 1. The van der Waals surface area contributed by atoms with Crippen molar-refractivity contribution in [3.8, 4) is 28.8 Å². The third-order valence-corrected chi connectivity index (χ3v) is 8.84. The van der Waals surface area contributed by atoms with E-state index >= 15 is 4.39 Å². The molecule has 4 heterocycles. The Balaban J connectivity index is 1.27. The number of fused-ring (bicyclic) bond motifs is 1. The normalized spacial score (nSPS) is 18.0. The van der Waals surface area contributed by atoms with Crippen molar-refractivity contribution >= 4 is 28.7 Å².